The van der Waals surface area contributed by atoms with Gasteiger partial charge in [0, 0.05) is 5.92 Å². The van der Waals surface area contributed by atoms with Gasteiger partial charge in [0.15, 0.2) is 0 Å². The zero-order valence-electron chi connectivity index (χ0n) is 21.0. The smallest absolute Gasteiger partial charge is 0.00267 e. The van der Waals surface area contributed by atoms with Crippen LogP contribution in [0.15, 0.2) is 102 Å². The van der Waals surface area contributed by atoms with Crippen molar-refractivity contribution in [2.24, 2.45) is 11.8 Å². The van der Waals surface area contributed by atoms with E-state index in [-0.39, 0.29) is 0 Å². The second-order valence-electron chi connectivity index (χ2n) is 9.31. The monoisotopic (exact) mass is 436 g/mol. The molecule has 33 heavy (non-hydrogen) atoms. The fourth-order valence-corrected chi connectivity index (χ4v) is 4.69. The zero-order chi connectivity index (χ0) is 23.6. The van der Waals surface area contributed by atoms with Crippen LogP contribution < -0.4 is 0 Å². The van der Waals surface area contributed by atoms with Crippen molar-refractivity contribution in [2.45, 2.75) is 65.7 Å². The van der Waals surface area contributed by atoms with Gasteiger partial charge < -0.3 is 0 Å². The van der Waals surface area contributed by atoms with Crippen LogP contribution in [-0.4, -0.2) is 0 Å². The minimum absolute atomic E-state index is 0.496. The molecule has 0 fully saturated rings. The minimum atomic E-state index is 0.496. The highest BCUT2D eigenvalue weighted by Crippen LogP contribution is 2.35. The van der Waals surface area contributed by atoms with Crippen LogP contribution in [0.2, 0.25) is 0 Å². The van der Waals surface area contributed by atoms with Gasteiger partial charge in [-0.25, -0.2) is 0 Å². The van der Waals surface area contributed by atoms with Crippen LogP contribution in [0.25, 0.3) is 5.57 Å². The SMILES string of the molecule is C=C(CC=C(c1ccc(C2C=CC=CC(CC)C2)cc1CC)C(C)CC)C1=CC=CC=C=C1. The Morgan fingerprint density at radius 2 is 1.94 bits per heavy atom. The van der Waals surface area contributed by atoms with Crippen LogP contribution in [0.5, 0.6) is 0 Å². The van der Waals surface area contributed by atoms with Gasteiger partial charge in [-0.1, -0.05) is 101 Å². The summed E-state index contributed by atoms with van der Waals surface area (Å²) in [6.07, 6.45) is 27.2. The third-order valence-electron chi connectivity index (χ3n) is 7.11. The summed E-state index contributed by atoms with van der Waals surface area (Å²) in [5.74, 6) is 1.67. The number of aryl methyl sites for hydroxylation is 1. The predicted octanol–water partition coefficient (Wildman–Crippen LogP) is 9.46. The van der Waals surface area contributed by atoms with E-state index in [0.717, 1.165) is 30.4 Å². The Kier molecular flexibility index (Phi) is 9.35. The van der Waals surface area contributed by atoms with Crippen molar-refractivity contribution < 1.29 is 0 Å². The molecule has 0 radical (unpaired) electrons. The molecule has 172 valence electrons. The third kappa shape index (κ3) is 6.59. The van der Waals surface area contributed by atoms with Crippen molar-refractivity contribution in [2.75, 3.05) is 0 Å². The lowest BCUT2D eigenvalue weighted by molar-refractivity contribution is 0.543. The number of allylic oxidation sites excluding steroid dienone is 12. The van der Waals surface area contributed by atoms with Gasteiger partial charge in [-0.2, -0.15) is 0 Å². The number of hydrogen-bond acceptors (Lipinski definition) is 0. The van der Waals surface area contributed by atoms with Crippen LogP contribution in [0, 0.1) is 11.8 Å². The average Bonchev–Trinajstić information content (AvgIpc) is 3.27. The Morgan fingerprint density at radius 3 is 2.70 bits per heavy atom. The lowest BCUT2D eigenvalue weighted by Gasteiger charge is -2.22. The summed E-state index contributed by atoms with van der Waals surface area (Å²) in [4.78, 5) is 0. The van der Waals surface area contributed by atoms with Crippen molar-refractivity contribution in [1.29, 1.82) is 0 Å². The number of benzene rings is 1. The van der Waals surface area contributed by atoms with E-state index < -0.39 is 0 Å². The summed E-state index contributed by atoms with van der Waals surface area (Å²) in [6, 6.07) is 7.23. The highest BCUT2D eigenvalue weighted by molar-refractivity contribution is 5.71. The van der Waals surface area contributed by atoms with Gasteiger partial charge >= 0.3 is 0 Å². The largest absolute Gasteiger partial charge is 0.120 e. The summed E-state index contributed by atoms with van der Waals surface area (Å²) in [7, 11) is 0. The molecule has 0 heteroatoms. The van der Waals surface area contributed by atoms with E-state index in [2.05, 4.69) is 101 Å². The van der Waals surface area contributed by atoms with Gasteiger partial charge in [0.05, 0.1) is 0 Å². The Hall–Kier alpha value is -2.82. The maximum atomic E-state index is 4.37. The fourth-order valence-electron chi connectivity index (χ4n) is 4.69. The first kappa shape index (κ1) is 24.8. The molecule has 0 aliphatic heterocycles. The Balaban J connectivity index is 1.90. The summed E-state index contributed by atoms with van der Waals surface area (Å²) in [6.45, 7) is 13.6. The van der Waals surface area contributed by atoms with E-state index in [1.807, 2.05) is 18.2 Å². The summed E-state index contributed by atoms with van der Waals surface area (Å²) in [5, 5.41) is 0. The average molecular weight is 437 g/mol. The fraction of sp³-hybridized carbons (Fsp3) is 0.364. The maximum absolute atomic E-state index is 4.37. The molecule has 2 aliphatic rings. The van der Waals surface area contributed by atoms with Gasteiger partial charge in [-0.3, -0.25) is 0 Å². The summed E-state index contributed by atoms with van der Waals surface area (Å²) >= 11 is 0. The lowest BCUT2D eigenvalue weighted by atomic mass is 9.83. The molecule has 0 spiro atoms. The molecular formula is C33H40. The molecule has 0 heterocycles. The molecule has 0 N–H and O–H groups in total. The van der Waals surface area contributed by atoms with Gasteiger partial charge in [0.25, 0.3) is 0 Å². The normalized spacial score (nSPS) is 21.0. The van der Waals surface area contributed by atoms with E-state index in [4.69, 9.17) is 0 Å². The molecule has 2 aliphatic carbocycles. The lowest BCUT2D eigenvalue weighted by Crippen LogP contribution is -2.06. The van der Waals surface area contributed by atoms with E-state index in [1.54, 1.807) is 0 Å². The van der Waals surface area contributed by atoms with Crippen LogP contribution >= 0.6 is 0 Å². The first-order chi connectivity index (χ1) is 16.1. The Bertz CT molecular complexity index is 1040. The highest BCUT2D eigenvalue weighted by atomic mass is 14.2. The van der Waals surface area contributed by atoms with Crippen molar-refractivity contribution in [1.82, 2.24) is 0 Å². The molecule has 1 aromatic carbocycles. The zero-order valence-corrected chi connectivity index (χ0v) is 21.0. The van der Waals surface area contributed by atoms with Crippen molar-refractivity contribution in [3.63, 3.8) is 0 Å². The molecule has 0 nitrogen and oxygen atoms in total. The summed E-state index contributed by atoms with van der Waals surface area (Å²) < 4.78 is 0. The molecular weight excluding hydrogens is 396 g/mol. The van der Waals surface area contributed by atoms with Gasteiger partial charge in [0.1, 0.15) is 0 Å². The molecule has 1 aromatic rings. The van der Waals surface area contributed by atoms with Crippen LogP contribution in [0.3, 0.4) is 0 Å². The molecule has 3 atom stereocenters. The Labute approximate surface area is 202 Å². The quantitative estimate of drug-likeness (QED) is 0.338. The van der Waals surface area contributed by atoms with Crippen molar-refractivity contribution in [3.05, 3.63) is 119 Å². The van der Waals surface area contributed by atoms with Crippen LogP contribution in [0.1, 0.15) is 76.0 Å². The molecule has 0 saturated heterocycles. The molecule has 0 aromatic heterocycles. The second kappa shape index (κ2) is 12.4. The van der Waals surface area contributed by atoms with Gasteiger partial charge in [0.2, 0.25) is 0 Å². The van der Waals surface area contributed by atoms with Gasteiger partial charge in [-0.15, -0.1) is 5.73 Å². The molecule has 3 rings (SSSR count). The molecule has 0 amide bonds. The molecule has 3 unspecified atom stereocenters. The van der Waals surface area contributed by atoms with Crippen LogP contribution in [0.4, 0.5) is 0 Å². The van der Waals surface area contributed by atoms with E-state index in [9.17, 15) is 0 Å². The first-order valence-electron chi connectivity index (χ1n) is 12.7. The topological polar surface area (TPSA) is 0 Å². The summed E-state index contributed by atoms with van der Waals surface area (Å²) in [5.41, 5.74) is 11.3. The maximum Gasteiger partial charge on any atom is 0.00267 e. The van der Waals surface area contributed by atoms with Crippen molar-refractivity contribution >= 4 is 5.57 Å². The van der Waals surface area contributed by atoms with E-state index in [0.29, 0.717) is 17.8 Å². The van der Waals surface area contributed by atoms with E-state index >= 15 is 0 Å². The third-order valence-corrected chi connectivity index (χ3v) is 7.11. The van der Waals surface area contributed by atoms with Gasteiger partial charge in [-0.05, 0) is 89.5 Å². The van der Waals surface area contributed by atoms with Crippen LogP contribution in [-0.2, 0) is 6.42 Å². The molecule has 0 bridgehead atoms. The predicted molar refractivity (Wildman–Crippen MR) is 146 cm³/mol. The van der Waals surface area contributed by atoms with E-state index in [1.165, 1.54) is 35.1 Å². The highest BCUT2D eigenvalue weighted by Gasteiger charge is 2.18. The molecule has 0 saturated carbocycles. The number of hydrogen-bond donors (Lipinski definition) is 0. The minimum Gasteiger partial charge on any atom is -0.120 e. The Morgan fingerprint density at radius 1 is 1.12 bits per heavy atom. The standard InChI is InChI=1S/C33H40/c1-6-25(4)32(21-19-26(5)29-16-11-9-10-12-17-29)33-22-20-31(24-28(33)8-3)30-18-14-13-15-27(7-2)23-30/h9-11,13-18,20-22,24-25,27,30H,5-8,19,23H2,1-4H3. The second-order valence-corrected chi connectivity index (χ2v) is 9.31. The van der Waals surface area contributed by atoms with Crippen molar-refractivity contribution in [3.8, 4) is 0 Å². The first-order valence-corrected chi connectivity index (χ1v) is 12.7. The number of rotatable bonds is 9.